The molecule has 3 nitrogen and oxygen atoms in total. The van der Waals surface area contributed by atoms with Crippen molar-refractivity contribution >= 4 is 15.7 Å². The molecule has 0 fully saturated rings. The predicted octanol–water partition coefficient (Wildman–Crippen LogP) is 1.74. The third-order valence-electron chi connectivity index (χ3n) is 2.84. The number of benzene rings is 1. The Bertz CT molecular complexity index is 491. The van der Waals surface area contributed by atoms with E-state index in [2.05, 4.69) is 13.8 Å². The van der Waals surface area contributed by atoms with Gasteiger partial charge in [-0.15, -0.1) is 0 Å². The number of nitrogens with zero attached hydrogens (tertiary/aromatic N) is 1. The van der Waals surface area contributed by atoms with Crippen molar-refractivity contribution in [2.45, 2.75) is 19.3 Å². The van der Waals surface area contributed by atoms with Crippen LogP contribution in [0.15, 0.2) is 24.3 Å². The minimum absolute atomic E-state index is 0.0975. The molecule has 0 amide bonds. The summed E-state index contributed by atoms with van der Waals surface area (Å²) >= 11 is 0. The molecule has 4 heteroatoms. The fraction of sp³-hybridized carbons (Fsp3) is 0.455. The van der Waals surface area contributed by atoms with Crippen molar-refractivity contribution in [2.24, 2.45) is 0 Å². The third kappa shape index (κ3) is 1.63. The van der Waals surface area contributed by atoms with Gasteiger partial charge >= 0.3 is 0 Å². The average molecular weight is 225 g/mol. The summed E-state index contributed by atoms with van der Waals surface area (Å²) in [5.74, 6) is 0. The van der Waals surface area contributed by atoms with Gasteiger partial charge in [-0.25, -0.2) is 8.42 Å². The molecule has 0 saturated heterocycles. The number of para-hydroxylation sites is 1. The SMILES string of the molecule is CC1(C)CN(S(C)(=O)=O)c2ccccc21. The summed E-state index contributed by atoms with van der Waals surface area (Å²) < 4.78 is 24.7. The second-order valence-electron chi connectivity index (χ2n) is 4.67. The topological polar surface area (TPSA) is 37.4 Å². The molecule has 1 aromatic carbocycles. The normalized spacial score (nSPS) is 19.0. The van der Waals surface area contributed by atoms with Gasteiger partial charge in [-0.1, -0.05) is 32.0 Å². The van der Waals surface area contributed by atoms with E-state index in [0.29, 0.717) is 6.54 Å². The van der Waals surface area contributed by atoms with Gasteiger partial charge in [-0.2, -0.15) is 0 Å². The van der Waals surface area contributed by atoms with Crippen LogP contribution in [0.3, 0.4) is 0 Å². The fourth-order valence-corrected chi connectivity index (χ4v) is 3.16. The number of fused-ring (bicyclic) bond motifs is 1. The van der Waals surface area contributed by atoms with Gasteiger partial charge in [-0.3, -0.25) is 4.31 Å². The first-order chi connectivity index (χ1) is 6.82. The molecule has 1 aliphatic rings. The Kier molecular flexibility index (Phi) is 2.08. The molecule has 0 unspecified atom stereocenters. The summed E-state index contributed by atoms with van der Waals surface area (Å²) in [6.07, 6.45) is 1.26. The number of hydrogen-bond donors (Lipinski definition) is 0. The van der Waals surface area contributed by atoms with Crippen LogP contribution in [0.2, 0.25) is 0 Å². The van der Waals surface area contributed by atoms with Crippen LogP contribution in [-0.2, 0) is 15.4 Å². The van der Waals surface area contributed by atoms with Crippen molar-refractivity contribution < 1.29 is 8.42 Å². The maximum Gasteiger partial charge on any atom is 0.232 e. The smallest absolute Gasteiger partial charge is 0.232 e. The van der Waals surface area contributed by atoms with Gasteiger partial charge in [0.25, 0.3) is 0 Å². The summed E-state index contributed by atoms with van der Waals surface area (Å²) in [5, 5.41) is 0. The van der Waals surface area contributed by atoms with Crippen molar-refractivity contribution in [3.63, 3.8) is 0 Å². The van der Waals surface area contributed by atoms with Gasteiger partial charge in [0.15, 0.2) is 0 Å². The van der Waals surface area contributed by atoms with Gasteiger partial charge in [0.2, 0.25) is 10.0 Å². The minimum atomic E-state index is -3.15. The van der Waals surface area contributed by atoms with Crippen LogP contribution in [0, 0.1) is 0 Å². The highest BCUT2D eigenvalue weighted by Gasteiger charge is 2.38. The second kappa shape index (κ2) is 2.98. The van der Waals surface area contributed by atoms with E-state index in [1.807, 2.05) is 24.3 Å². The number of rotatable bonds is 1. The van der Waals surface area contributed by atoms with E-state index in [4.69, 9.17) is 0 Å². The highest BCUT2D eigenvalue weighted by atomic mass is 32.2. The number of sulfonamides is 1. The quantitative estimate of drug-likeness (QED) is 0.730. The molecule has 0 aliphatic carbocycles. The highest BCUT2D eigenvalue weighted by molar-refractivity contribution is 7.92. The van der Waals surface area contributed by atoms with Crippen LogP contribution < -0.4 is 4.31 Å². The Balaban J connectivity index is 2.62. The molecule has 0 bridgehead atoms. The predicted molar refractivity (Wildman–Crippen MR) is 61.7 cm³/mol. The summed E-state index contributed by atoms with van der Waals surface area (Å²) in [4.78, 5) is 0. The van der Waals surface area contributed by atoms with E-state index in [1.165, 1.54) is 10.6 Å². The number of anilines is 1. The molecular weight excluding hydrogens is 210 g/mol. The maximum atomic E-state index is 11.6. The zero-order chi connectivity index (χ0) is 11.3. The molecule has 1 heterocycles. The van der Waals surface area contributed by atoms with Crippen LogP contribution in [0.1, 0.15) is 19.4 Å². The van der Waals surface area contributed by atoms with Crippen LogP contribution >= 0.6 is 0 Å². The first-order valence-corrected chi connectivity index (χ1v) is 6.74. The molecular formula is C11H15NO2S. The van der Waals surface area contributed by atoms with E-state index in [0.717, 1.165) is 11.3 Å². The summed E-state index contributed by atoms with van der Waals surface area (Å²) in [5.41, 5.74) is 1.83. The zero-order valence-electron chi connectivity index (χ0n) is 9.19. The van der Waals surface area contributed by atoms with Gasteiger partial charge in [0.05, 0.1) is 11.9 Å². The first-order valence-electron chi connectivity index (χ1n) is 4.89. The molecule has 15 heavy (non-hydrogen) atoms. The minimum Gasteiger partial charge on any atom is -0.269 e. The van der Waals surface area contributed by atoms with E-state index in [-0.39, 0.29) is 5.41 Å². The molecule has 0 saturated carbocycles. The molecule has 2 rings (SSSR count). The molecule has 0 N–H and O–H groups in total. The monoisotopic (exact) mass is 225 g/mol. The zero-order valence-corrected chi connectivity index (χ0v) is 10.0. The van der Waals surface area contributed by atoms with Crippen molar-refractivity contribution in [1.29, 1.82) is 0 Å². The van der Waals surface area contributed by atoms with Crippen LogP contribution in [-0.4, -0.2) is 21.2 Å². The van der Waals surface area contributed by atoms with Crippen molar-refractivity contribution in [3.8, 4) is 0 Å². The fourth-order valence-electron chi connectivity index (χ4n) is 2.09. The average Bonchev–Trinajstić information content (AvgIpc) is 2.39. The van der Waals surface area contributed by atoms with Gasteiger partial charge in [0.1, 0.15) is 0 Å². The van der Waals surface area contributed by atoms with Crippen molar-refractivity contribution in [3.05, 3.63) is 29.8 Å². The van der Waals surface area contributed by atoms with Gasteiger partial charge in [-0.05, 0) is 11.6 Å². The van der Waals surface area contributed by atoms with Gasteiger partial charge < -0.3 is 0 Å². The molecule has 0 spiro atoms. The van der Waals surface area contributed by atoms with Crippen molar-refractivity contribution in [2.75, 3.05) is 17.1 Å². The molecule has 82 valence electrons. The van der Waals surface area contributed by atoms with Crippen LogP contribution in [0.25, 0.3) is 0 Å². The lowest BCUT2D eigenvalue weighted by atomic mass is 9.87. The maximum absolute atomic E-state index is 11.6. The van der Waals surface area contributed by atoms with E-state index in [1.54, 1.807) is 0 Å². The number of hydrogen-bond acceptors (Lipinski definition) is 2. The molecule has 0 radical (unpaired) electrons. The lowest BCUT2D eigenvalue weighted by molar-refractivity contribution is 0.557. The first kappa shape index (κ1) is 10.5. The summed E-state index contributed by atoms with van der Waals surface area (Å²) in [7, 11) is -3.15. The highest BCUT2D eigenvalue weighted by Crippen LogP contribution is 2.41. The summed E-state index contributed by atoms with van der Waals surface area (Å²) in [6.45, 7) is 4.67. The Hall–Kier alpha value is -1.03. The molecule has 0 aromatic heterocycles. The Morgan fingerprint density at radius 1 is 1.27 bits per heavy atom. The Morgan fingerprint density at radius 3 is 2.47 bits per heavy atom. The largest absolute Gasteiger partial charge is 0.269 e. The Morgan fingerprint density at radius 2 is 1.87 bits per heavy atom. The van der Waals surface area contributed by atoms with Crippen molar-refractivity contribution in [1.82, 2.24) is 0 Å². The van der Waals surface area contributed by atoms with Crippen LogP contribution in [0.4, 0.5) is 5.69 Å². The second-order valence-corrected chi connectivity index (χ2v) is 6.58. The van der Waals surface area contributed by atoms with E-state index in [9.17, 15) is 8.42 Å². The lowest BCUT2D eigenvalue weighted by Crippen LogP contribution is -2.32. The van der Waals surface area contributed by atoms with E-state index >= 15 is 0 Å². The molecule has 1 aliphatic heterocycles. The van der Waals surface area contributed by atoms with Crippen LogP contribution in [0.5, 0.6) is 0 Å². The summed E-state index contributed by atoms with van der Waals surface area (Å²) in [6, 6.07) is 7.69. The lowest BCUT2D eigenvalue weighted by Gasteiger charge is -2.20. The molecule has 0 atom stereocenters. The standard InChI is InChI=1S/C11H15NO2S/c1-11(2)8-12(15(3,13)14)10-7-5-4-6-9(10)11/h4-7H,8H2,1-3H3. The van der Waals surface area contributed by atoms with E-state index < -0.39 is 10.0 Å². The van der Waals surface area contributed by atoms with Gasteiger partial charge in [0, 0.05) is 12.0 Å². The Labute approximate surface area is 90.8 Å². The third-order valence-corrected chi connectivity index (χ3v) is 3.97. The molecule has 1 aromatic rings.